The zero-order valence-electron chi connectivity index (χ0n) is 18.3. The van der Waals surface area contributed by atoms with Gasteiger partial charge in [0.25, 0.3) is 11.8 Å². The molecule has 0 spiro atoms. The molecule has 160 valence electrons. The van der Waals surface area contributed by atoms with E-state index < -0.39 is 0 Å². The number of carbonyl (C=O) groups excluding carboxylic acids is 2. The molecule has 1 aliphatic rings. The molecule has 2 N–H and O–H groups in total. The van der Waals surface area contributed by atoms with Gasteiger partial charge in [-0.25, -0.2) is 4.98 Å². The predicted molar refractivity (Wildman–Crippen MR) is 119 cm³/mol. The van der Waals surface area contributed by atoms with Gasteiger partial charge in [-0.2, -0.15) is 0 Å². The van der Waals surface area contributed by atoms with Crippen LogP contribution in [0.15, 0.2) is 42.5 Å². The highest BCUT2D eigenvalue weighted by Crippen LogP contribution is 2.21. The number of amides is 2. The minimum atomic E-state index is -0.176. The standard InChI is InChI=1S/C24H32N4O2/c1-16(2)28(17(3)4)15-14-25-24(30)22-7-5-6-21(27-22)18-8-10-19(11-9-18)23(29)26-20-12-13-20/h5-11,16-17,20H,12-15H2,1-4H3,(H,25,30)(H,26,29). The summed E-state index contributed by atoms with van der Waals surface area (Å²) in [6.45, 7) is 10.0. The van der Waals surface area contributed by atoms with E-state index in [4.69, 9.17) is 0 Å². The smallest absolute Gasteiger partial charge is 0.269 e. The van der Waals surface area contributed by atoms with Crippen molar-refractivity contribution in [3.8, 4) is 11.3 Å². The van der Waals surface area contributed by atoms with Crippen molar-refractivity contribution in [1.82, 2.24) is 20.5 Å². The number of rotatable bonds is 9. The number of pyridine rings is 1. The highest BCUT2D eigenvalue weighted by atomic mass is 16.2. The molecule has 0 bridgehead atoms. The van der Waals surface area contributed by atoms with Crippen LogP contribution in [0.4, 0.5) is 0 Å². The van der Waals surface area contributed by atoms with Gasteiger partial charge < -0.3 is 10.6 Å². The Kier molecular flexibility index (Phi) is 7.21. The summed E-state index contributed by atoms with van der Waals surface area (Å²) in [6.07, 6.45) is 2.13. The third-order valence-corrected chi connectivity index (χ3v) is 5.32. The fourth-order valence-electron chi connectivity index (χ4n) is 3.51. The third kappa shape index (κ3) is 5.89. The van der Waals surface area contributed by atoms with Gasteiger partial charge in [-0.1, -0.05) is 18.2 Å². The van der Waals surface area contributed by atoms with E-state index in [1.54, 1.807) is 18.2 Å². The minimum Gasteiger partial charge on any atom is -0.349 e. The molecule has 0 radical (unpaired) electrons. The summed E-state index contributed by atoms with van der Waals surface area (Å²) in [4.78, 5) is 31.5. The second-order valence-corrected chi connectivity index (χ2v) is 8.41. The van der Waals surface area contributed by atoms with Gasteiger partial charge in [0, 0.05) is 42.3 Å². The molecule has 2 aromatic rings. The van der Waals surface area contributed by atoms with Gasteiger partial charge >= 0.3 is 0 Å². The second-order valence-electron chi connectivity index (χ2n) is 8.41. The molecule has 1 aromatic heterocycles. The molecular weight excluding hydrogens is 376 g/mol. The molecule has 1 aromatic carbocycles. The quantitative estimate of drug-likeness (QED) is 0.666. The molecule has 6 heteroatoms. The number of nitrogens with one attached hydrogen (secondary N) is 2. The Morgan fingerprint density at radius 3 is 2.27 bits per heavy atom. The van der Waals surface area contributed by atoms with Gasteiger partial charge in [-0.3, -0.25) is 14.5 Å². The van der Waals surface area contributed by atoms with E-state index >= 15 is 0 Å². The fourth-order valence-corrected chi connectivity index (χ4v) is 3.51. The molecule has 0 atom stereocenters. The van der Waals surface area contributed by atoms with Crippen molar-refractivity contribution in [2.45, 2.75) is 58.7 Å². The molecule has 1 aliphatic carbocycles. The largest absolute Gasteiger partial charge is 0.349 e. The Labute approximate surface area is 179 Å². The lowest BCUT2D eigenvalue weighted by atomic mass is 10.1. The lowest BCUT2D eigenvalue weighted by Crippen LogP contribution is -2.42. The van der Waals surface area contributed by atoms with Crippen LogP contribution in [0.5, 0.6) is 0 Å². The number of hydrogen-bond acceptors (Lipinski definition) is 4. The van der Waals surface area contributed by atoms with Crippen molar-refractivity contribution < 1.29 is 9.59 Å². The Balaban J connectivity index is 1.61. The van der Waals surface area contributed by atoms with Gasteiger partial charge in [0.1, 0.15) is 5.69 Å². The fraction of sp³-hybridized carbons (Fsp3) is 0.458. The van der Waals surface area contributed by atoms with Gasteiger partial charge in [-0.15, -0.1) is 0 Å². The van der Waals surface area contributed by atoms with E-state index in [1.165, 1.54) is 0 Å². The summed E-state index contributed by atoms with van der Waals surface area (Å²) in [6, 6.07) is 14.0. The van der Waals surface area contributed by atoms with E-state index in [1.807, 2.05) is 24.3 Å². The predicted octanol–water partition coefficient (Wildman–Crippen LogP) is 3.49. The van der Waals surface area contributed by atoms with E-state index in [9.17, 15) is 9.59 Å². The van der Waals surface area contributed by atoms with E-state index in [0.717, 1.165) is 24.9 Å². The first-order chi connectivity index (χ1) is 14.3. The van der Waals surface area contributed by atoms with Gasteiger partial charge in [0.15, 0.2) is 0 Å². The van der Waals surface area contributed by atoms with Crippen LogP contribution < -0.4 is 10.6 Å². The number of benzene rings is 1. The Morgan fingerprint density at radius 1 is 1.00 bits per heavy atom. The molecule has 1 heterocycles. The van der Waals surface area contributed by atoms with Gasteiger partial charge in [0.05, 0.1) is 5.69 Å². The lowest BCUT2D eigenvalue weighted by molar-refractivity contribution is 0.0931. The molecular formula is C24H32N4O2. The minimum absolute atomic E-state index is 0.0398. The van der Waals surface area contributed by atoms with Crippen LogP contribution in [0.2, 0.25) is 0 Å². The van der Waals surface area contributed by atoms with Crippen LogP contribution in [0.1, 0.15) is 61.4 Å². The summed E-state index contributed by atoms with van der Waals surface area (Å²) >= 11 is 0. The molecule has 3 rings (SSSR count). The molecule has 0 unspecified atom stereocenters. The van der Waals surface area contributed by atoms with Crippen molar-refractivity contribution >= 4 is 11.8 Å². The van der Waals surface area contributed by atoms with Crippen molar-refractivity contribution in [3.63, 3.8) is 0 Å². The Hall–Kier alpha value is -2.73. The lowest BCUT2D eigenvalue weighted by Gasteiger charge is -2.30. The first-order valence-corrected chi connectivity index (χ1v) is 10.8. The van der Waals surface area contributed by atoms with Gasteiger partial charge in [-0.05, 0) is 64.8 Å². The van der Waals surface area contributed by atoms with Crippen LogP contribution >= 0.6 is 0 Å². The number of aromatic nitrogens is 1. The Bertz CT molecular complexity index is 865. The van der Waals surface area contributed by atoms with Gasteiger partial charge in [0.2, 0.25) is 0 Å². The highest BCUT2D eigenvalue weighted by molar-refractivity contribution is 5.95. The molecule has 6 nitrogen and oxygen atoms in total. The number of nitrogens with zero attached hydrogens (tertiary/aromatic N) is 2. The number of carbonyl (C=O) groups is 2. The SMILES string of the molecule is CC(C)N(CCNC(=O)c1cccc(-c2ccc(C(=O)NC3CC3)cc2)n1)C(C)C. The molecule has 2 amide bonds. The normalized spacial score (nSPS) is 13.7. The zero-order valence-corrected chi connectivity index (χ0v) is 18.3. The van der Waals surface area contributed by atoms with Crippen LogP contribution in [-0.4, -0.2) is 52.9 Å². The summed E-state index contributed by atoms with van der Waals surface area (Å²) < 4.78 is 0. The first-order valence-electron chi connectivity index (χ1n) is 10.8. The van der Waals surface area contributed by atoms with Crippen LogP contribution in [-0.2, 0) is 0 Å². The topological polar surface area (TPSA) is 74.3 Å². The van der Waals surface area contributed by atoms with Crippen LogP contribution in [0, 0.1) is 0 Å². The molecule has 30 heavy (non-hydrogen) atoms. The highest BCUT2D eigenvalue weighted by Gasteiger charge is 2.23. The molecule has 0 aliphatic heterocycles. The maximum Gasteiger partial charge on any atom is 0.269 e. The first kappa shape index (κ1) is 22.0. The average molecular weight is 409 g/mol. The van der Waals surface area contributed by atoms with E-state index in [0.29, 0.717) is 41.6 Å². The van der Waals surface area contributed by atoms with Crippen molar-refractivity contribution in [3.05, 3.63) is 53.7 Å². The molecule has 0 saturated heterocycles. The summed E-state index contributed by atoms with van der Waals surface area (Å²) in [5.41, 5.74) is 2.62. The van der Waals surface area contributed by atoms with Crippen molar-refractivity contribution in [2.24, 2.45) is 0 Å². The van der Waals surface area contributed by atoms with Crippen molar-refractivity contribution in [1.29, 1.82) is 0 Å². The maximum atomic E-state index is 12.6. The Morgan fingerprint density at radius 2 is 1.67 bits per heavy atom. The molecule has 1 fully saturated rings. The second kappa shape index (κ2) is 9.85. The zero-order chi connectivity index (χ0) is 21.7. The van der Waals surface area contributed by atoms with Crippen molar-refractivity contribution in [2.75, 3.05) is 13.1 Å². The summed E-state index contributed by atoms with van der Waals surface area (Å²) in [5.74, 6) is -0.216. The molecule has 1 saturated carbocycles. The van der Waals surface area contributed by atoms with Crippen LogP contribution in [0.3, 0.4) is 0 Å². The third-order valence-electron chi connectivity index (χ3n) is 5.32. The van der Waals surface area contributed by atoms with Crippen LogP contribution in [0.25, 0.3) is 11.3 Å². The average Bonchev–Trinajstić information content (AvgIpc) is 3.54. The summed E-state index contributed by atoms with van der Waals surface area (Å²) in [5, 5.41) is 5.95. The van der Waals surface area contributed by atoms with E-state index in [2.05, 4.69) is 48.2 Å². The maximum absolute atomic E-state index is 12.6. The number of hydrogen-bond donors (Lipinski definition) is 2. The summed E-state index contributed by atoms with van der Waals surface area (Å²) in [7, 11) is 0. The van der Waals surface area contributed by atoms with E-state index in [-0.39, 0.29) is 11.8 Å². The monoisotopic (exact) mass is 408 g/mol.